The van der Waals surface area contributed by atoms with Gasteiger partial charge in [-0.3, -0.25) is 9.36 Å². The van der Waals surface area contributed by atoms with Gasteiger partial charge in [0.15, 0.2) is 4.77 Å². The average molecular weight is 346 g/mol. The maximum absolute atomic E-state index is 13.1. The minimum atomic E-state index is -0.334. The van der Waals surface area contributed by atoms with Crippen LogP contribution in [0.3, 0.4) is 0 Å². The molecule has 0 fully saturated rings. The predicted octanol–water partition coefficient (Wildman–Crippen LogP) is 4.37. The van der Waals surface area contributed by atoms with Gasteiger partial charge < -0.3 is 4.98 Å². The Bertz CT molecular complexity index is 1010. The Morgan fingerprint density at radius 3 is 2.83 bits per heavy atom. The summed E-state index contributed by atoms with van der Waals surface area (Å²) in [5, 5.41) is 0.745. The largest absolute Gasteiger partial charge is 0.323 e. The Kier molecular flexibility index (Phi) is 3.46. The van der Waals surface area contributed by atoms with Gasteiger partial charge in [0.2, 0.25) is 0 Å². The van der Waals surface area contributed by atoms with Crippen molar-refractivity contribution in [1.82, 2.24) is 9.55 Å². The zero-order chi connectivity index (χ0) is 16.1. The fourth-order valence-corrected chi connectivity index (χ4v) is 5.00. The van der Waals surface area contributed by atoms with E-state index < -0.39 is 0 Å². The predicted molar refractivity (Wildman–Crippen MR) is 93.8 cm³/mol. The van der Waals surface area contributed by atoms with Crippen LogP contribution in [0.5, 0.6) is 0 Å². The van der Waals surface area contributed by atoms with E-state index in [4.69, 9.17) is 12.2 Å². The number of aromatic nitrogens is 2. The van der Waals surface area contributed by atoms with E-state index in [2.05, 4.69) is 11.9 Å². The van der Waals surface area contributed by atoms with Crippen LogP contribution in [0.2, 0.25) is 0 Å². The van der Waals surface area contributed by atoms with Gasteiger partial charge >= 0.3 is 0 Å². The first-order valence-electron chi connectivity index (χ1n) is 7.60. The molecule has 118 valence electrons. The van der Waals surface area contributed by atoms with Crippen molar-refractivity contribution >= 4 is 33.8 Å². The second-order valence-electron chi connectivity index (χ2n) is 6.10. The number of thiophene rings is 1. The Labute approximate surface area is 141 Å². The maximum atomic E-state index is 13.1. The Hall–Kier alpha value is -1.79. The summed E-state index contributed by atoms with van der Waals surface area (Å²) in [6.07, 6.45) is 3.05. The molecule has 2 heterocycles. The normalized spacial score (nSPS) is 17.4. The molecular weight excluding hydrogens is 331 g/mol. The summed E-state index contributed by atoms with van der Waals surface area (Å²) in [7, 11) is 0. The van der Waals surface area contributed by atoms with Gasteiger partial charge in [0.05, 0.1) is 11.1 Å². The van der Waals surface area contributed by atoms with Gasteiger partial charge in [0.25, 0.3) is 5.56 Å². The lowest BCUT2D eigenvalue weighted by molar-refractivity contribution is 0.509. The zero-order valence-corrected chi connectivity index (χ0v) is 14.2. The fourth-order valence-electron chi connectivity index (χ4n) is 3.25. The number of nitrogens with one attached hydrogen (secondary N) is 1. The highest BCUT2D eigenvalue weighted by Gasteiger charge is 2.23. The number of hydrogen-bond donors (Lipinski definition) is 1. The topological polar surface area (TPSA) is 37.8 Å². The van der Waals surface area contributed by atoms with Gasteiger partial charge in [-0.05, 0) is 67.2 Å². The van der Waals surface area contributed by atoms with Crippen LogP contribution in [0.15, 0.2) is 29.1 Å². The van der Waals surface area contributed by atoms with Crippen molar-refractivity contribution in [1.29, 1.82) is 0 Å². The summed E-state index contributed by atoms with van der Waals surface area (Å²) in [6.45, 7) is 2.24. The Morgan fingerprint density at radius 1 is 1.35 bits per heavy atom. The Morgan fingerprint density at radius 2 is 2.09 bits per heavy atom. The smallest absolute Gasteiger partial charge is 0.267 e. The maximum Gasteiger partial charge on any atom is 0.267 e. The van der Waals surface area contributed by atoms with Crippen LogP contribution in [0.4, 0.5) is 4.39 Å². The van der Waals surface area contributed by atoms with Gasteiger partial charge in [-0.2, -0.15) is 0 Å². The molecule has 1 aromatic carbocycles. The molecule has 0 bridgehead atoms. The van der Waals surface area contributed by atoms with Crippen molar-refractivity contribution in [2.75, 3.05) is 0 Å². The van der Waals surface area contributed by atoms with Crippen LogP contribution in [0, 0.1) is 16.5 Å². The van der Waals surface area contributed by atoms with E-state index in [1.54, 1.807) is 23.5 Å². The van der Waals surface area contributed by atoms with E-state index in [9.17, 15) is 9.18 Å². The van der Waals surface area contributed by atoms with E-state index >= 15 is 0 Å². The first kappa shape index (κ1) is 14.8. The molecule has 0 amide bonds. The molecule has 1 N–H and O–H groups in total. The molecule has 0 aliphatic heterocycles. The van der Waals surface area contributed by atoms with E-state index in [0.29, 0.717) is 16.4 Å². The van der Waals surface area contributed by atoms with E-state index in [-0.39, 0.29) is 11.4 Å². The summed E-state index contributed by atoms with van der Waals surface area (Å²) in [5.41, 5.74) is 1.64. The third-order valence-electron chi connectivity index (χ3n) is 4.44. The standard InChI is InChI=1S/C17H15FN2OS2/c1-9-2-7-12-13(8-9)23-15-14(12)16(21)20(17(22)19-15)11-5-3-10(18)4-6-11/h3-6,9H,2,7-8H2,1H3,(H,19,22)/t9-/m0/s1. The van der Waals surface area contributed by atoms with Crippen LogP contribution >= 0.6 is 23.6 Å². The molecule has 0 unspecified atom stereocenters. The molecule has 0 radical (unpaired) electrons. The molecule has 1 atom stereocenters. The molecule has 0 saturated carbocycles. The Balaban J connectivity index is 2.02. The summed E-state index contributed by atoms with van der Waals surface area (Å²) in [6, 6.07) is 5.83. The number of hydrogen-bond acceptors (Lipinski definition) is 3. The van der Waals surface area contributed by atoms with Crippen molar-refractivity contribution in [3.63, 3.8) is 0 Å². The molecule has 3 aromatic rings. The average Bonchev–Trinajstić information content (AvgIpc) is 2.86. The number of aromatic amines is 1. The zero-order valence-electron chi connectivity index (χ0n) is 12.6. The van der Waals surface area contributed by atoms with Crippen LogP contribution in [-0.2, 0) is 12.8 Å². The molecule has 2 aromatic heterocycles. The van der Waals surface area contributed by atoms with Crippen LogP contribution in [0.25, 0.3) is 15.9 Å². The third kappa shape index (κ3) is 2.37. The number of rotatable bonds is 1. The van der Waals surface area contributed by atoms with Gasteiger partial charge in [-0.25, -0.2) is 4.39 Å². The highest BCUT2D eigenvalue weighted by Crippen LogP contribution is 2.35. The quantitative estimate of drug-likeness (QED) is 0.664. The molecule has 4 rings (SSSR count). The van der Waals surface area contributed by atoms with Gasteiger partial charge in [-0.15, -0.1) is 11.3 Å². The van der Waals surface area contributed by atoms with Crippen LogP contribution < -0.4 is 5.56 Å². The number of fused-ring (bicyclic) bond motifs is 3. The molecule has 0 saturated heterocycles. The van der Waals surface area contributed by atoms with Crippen LogP contribution in [0.1, 0.15) is 23.8 Å². The number of H-pyrrole nitrogens is 1. The molecule has 6 heteroatoms. The lowest BCUT2D eigenvalue weighted by atomic mass is 9.89. The minimum absolute atomic E-state index is 0.109. The third-order valence-corrected chi connectivity index (χ3v) is 5.89. The summed E-state index contributed by atoms with van der Waals surface area (Å²) in [4.78, 5) is 18.4. The molecule has 0 spiro atoms. The van der Waals surface area contributed by atoms with E-state index in [0.717, 1.165) is 35.0 Å². The molecular formula is C17H15FN2OS2. The highest BCUT2D eigenvalue weighted by atomic mass is 32.1. The summed E-state index contributed by atoms with van der Waals surface area (Å²) >= 11 is 7.01. The highest BCUT2D eigenvalue weighted by molar-refractivity contribution is 7.71. The fraction of sp³-hybridized carbons (Fsp3) is 0.294. The number of aryl methyl sites for hydroxylation is 1. The van der Waals surface area contributed by atoms with Crippen molar-refractivity contribution in [2.45, 2.75) is 26.2 Å². The minimum Gasteiger partial charge on any atom is -0.323 e. The van der Waals surface area contributed by atoms with Crippen molar-refractivity contribution in [3.8, 4) is 5.69 Å². The van der Waals surface area contributed by atoms with Crippen molar-refractivity contribution < 1.29 is 4.39 Å². The SMILES string of the molecule is C[C@H]1CCc2c(sc3[nH]c(=S)n(-c4ccc(F)cc4)c(=O)c23)C1. The first-order valence-corrected chi connectivity index (χ1v) is 8.82. The van der Waals surface area contributed by atoms with Crippen molar-refractivity contribution in [2.24, 2.45) is 5.92 Å². The first-order chi connectivity index (χ1) is 11.0. The molecule has 1 aliphatic carbocycles. The number of nitrogens with zero attached hydrogens (tertiary/aromatic N) is 1. The summed E-state index contributed by atoms with van der Waals surface area (Å²) in [5.74, 6) is 0.317. The van der Waals surface area contributed by atoms with E-state index in [1.165, 1.54) is 21.6 Å². The van der Waals surface area contributed by atoms with Crippen LogP contribution in [-0.4, -0.2) is 9.55 Å². The monoisotopic (exact) mass is 346 g/mol. The van der Waals surface area contributed by atoms with E-state index in [1.807, 2.05) is 0 Å². The molecule has 3 nitrogen and oxygen atoms in total. The lowest BCUT2D eigenvalue weighted by Crippen LogP contribution is -2.21. The van der Waals surface area contributed by atoms with Gasteiger partial charge in [0, 0.05) is 4.88 Å². The molecule has 1 aliphatic rings. The lowest BCUT2D eigenvalue weighted by Gasteiger charge is -2.17. The summed E-state index contributed by atoms with van der Waals surface area (Å²) < 4.78 is 15.0. The van der Waals surface area contributed by atoms with Gasteiger partial charge in [-0.1, -0.05) is 6.92 Å². The second-order valence-corrected chi connectivity index (χ2v) is 7.59. The molecule has 23 heavy (non-hydrogen) atoms. The number of benzene rings is 1. The van der Waals surface area contributed by atoms with Crippen molar-refractivity contribution in [3.05, 3.63) is 55.6 Å². The number of halogens is 1. The second kappa shape index (κ2) is 5.39. The van der Waals surface area contributed by atoms with Gasteiger partial charge in [0.1, 0.15) is 10.6 Å².